The van der Waals surface area contributed by atoms with Crippen LogP contribution in [-0.2, 0) is 22.7 Å². The fraction of sp³-hybridized carbons (Fsp3) is 0.833. The van der Waals surface area contributed by atoms with Gasteiger partial charge in [0, 0.05) is 21.1 Å². The van der Waals surface area contributed by atoms with Crippen molar-refractivity contribution in [1.29, 1.82) is 0 Å². The van der Waals surface area contributed by atoms with Crippen molar-refractivity contribution in [2.24, 2.45) is 5.92 Å². The van der Waals surface area contributed by atoms with Crippen molar-refractivity contribution < 1.29 is 27.8 Å². The standard InChI is InChI=1S/C12H21F3N4O3Si/c1-23(2,3)5-4-22-8-19-10(16-17-18-19)6-9(11(20)21)7-12(13,14)15/h9H,4-8H2,1-3H3,(H,20,21). The van der Waals surface area contributed by atoms with Crippen molar-refractivity contribution >= 4 is 14.0 Å². The van der Waals surface area contributed by atoms with Crippen LogP contribution in [0.15, 0.2) is 0 Å². The van der Waals surface area contributed by atoms with Gasteiger partial charge in [0.1, 0.15) is 6.73 Å². The predicted octanol–water partition coefficient (Wildman–Crippen LogP) is 2.18. The monoisotopic (exact) mass is 354 g/mol. The number of ether oxygens (including phenoxy) is 1. The van der Waals surface area contributed by atoms with E-state index in [0.29, 0.717) is 6.61 Å². The third-order valence-corrected chi connectivity index (χ3v) is 4.78. The summed E-state index contributed by atoms with van der Waals surface area (Å²) in [5, 5.41) is 19.5. The average Bonchev–Trinajstić information content (AvgIpc) is 2.78. The molecule has 23 heavy (non-hydrogen) atoms. The Morgan fingerprint density at radius 1 is 1.39 bits per heavy atom. The summed E-state index contributed by atoms with van der Waals surface area (Å²) in [4.78, 5) is 11.0. The third-order valence-electron chi connectivity index (χ3n) is 3.07. The minimum absolute atomic E-state index is 0.00876. The largest absolute Gasteiger partial charge is 0.481 e. The van der Waals surface area contributed by atoms with Gasteiger partial charge in [-0.1, -0.05) is 19.6 Å². The highest BCUT2D eigenvalue weighted by molar-refractivity contribution is 6.76. The summed E-state index contributed by atoms with van der Waals surface area (Å²) in [5.41, 5.74) is 0. The maximum Gasteiger partial charge on any atom is 0.389 e. The molecule has 0 spiro atoms. The number of aliphatic carboxylic acids is 1. The van der Waals surface area contributed by atoms with Crippen molar-refractivity contribution in [3.05, 3.63) is 5.82 Å². The van der Waals surface area contributed by atoms with Crippen LogP contribution in [-0.4, -0.2) is 52.1 Å². The molecule has 1 atom stereocenters. The maximum atomic E-state index is 12.4. The van der Waals surface area contributed by atoms with Crippen LogP contribution >= 0.6 is 0 Å². The van der Waals surface area contributed by atoms with Gasteiger partial charge in [0.15, 0.2) is 5.82 Å². The second kappa shape index (κ2) is 7.86. The van der Waals surface area contributed by atoms with Gasteiger partial charge in [-0.25, -0.2) is 4.68 Å². The normalized spacial score (nSPS) is 14.0. The van der Waals surface area contributed by atoms with Crippen LogP contribution in [0.2, 0.25) is 25.7 Å². The second-order valence-corrected chi connectivity index (χ2v) is 12.1. The first-order valence-electron chi connectivity index (χ1n) is 7.10. The lowest BCUT2D eigenvalue weighted by Gasteiger charge is -2.16. The molecular weight excluding hydrogens is 333 g/mol. The lowest BCUT2D eigenvalue weighted by molar-refractivity contribution is -0.163. The molecule has 0 saturated heterocycles. The van der Waals surface area contributed by atoms with Crippen molar-refractivity contribution in [3.8, 4) is 0 Å². The van der Waals surface area contributed by atoms with Gasteiger partial charge in [-0.15, -0.1) is 5.10 Å². The number of halogens is 3. The highest BCUT2D eigenvalue weighted by Gasteiger charge is 2.36. The van der Waals surface area contributed by atoms with Crippen LogP contribution in [0.4, 0.5) is 13.2 Å². The van der Waals surface area contributed by atoms with Gasteiger partial charge in [-0.3, -0.25) is 4.79 Å². The molecule has 0 aliphatic rings. The summed E-state index contributed by atoms with van der Waals surface area (Å²) in [6.07, 6.45) is -6.39. The smallest absolute Gasteiger partial charge is 0.389 e. The maximum absolute atomic E-state index is 12.4. The zero-order valence-electron chi connectivity index (χ0n) is 13.3. The van der Waals surface area contributed by atoms with Crippen LogP contribution < -0.4 is 0 Å². The average molecular weight is 354 g/mol. The van der Waals surface area contributed by atoms with E-state index in [-0.39, 0.29) is 12.6 Å². The number of nitrogens with zero attached hydrogens (tertiary/aromatic N) is 4. The molecule has 0 amide bonds. The minimum atomic E-state index is -4.56. The molecule has 1 heterocycles. The van der Waals surface area contributed by atoms with E-state index in [1.165, 1.54) is 4.68 Å². The molecule has 11 heteroatoms. The predicted molar refractivity (Wildman–Crippen MR) is 77.4 cm³/mol. The highest BCUT2D eigenvalue weighted by atomic mass is 28.3. The Kier molecular flexibility index (Phi) is 6.68. The molecule has 0 fully saturated rings. The molecule has 0 aliphatic carbocycles. The van der Waals surface area contributed by atoms with Crippen LogP contribution in [0.1, 0.15) is 12.2 Å². The number of tetrazole rings is 1. The molecule has 0 aliphatic heterocycles. The van der Waals surface area contributed by atoms with Crippen molar-refractivity contribution in [3.63, 3.8) is 0 Å². The van der Waals surface area contributed by atoms with E-state index in [0.717, 1.165) is 6.04 Å². The molecule has 0 radical (unpaired) electrons. The molecule has 0 saturated carbocycles. The number of rotatable bonds is 9. The number of hydrogen-bond acceptors (Lipinski definition) is 5. The zero-order valence-corrected chi connectivity index (χ0v) is 14.3. The molecule has 0 bridgehead atoms. The Balaban J connectivity index is 2.60. The molecule has 132 valence electrons. The molecule has 1 unspecified atom stereocenters. The lowest BCUT2D eigenvalue weighted by atomic mass is 10.0. The Bertz CT molecular complexity index is 516. The number of carbonyl (C=O) groups is 1. The second-order valence-electron chi connectivity index (χ2n) is 6.50. The number of hydrogen-bond donors (Lipinski definition) is 1. The Labute approximate surface area is 132 Å². The van der Waals surface area contributed by atoms with E-state index in [4.69, 9.17) is 9.84 Å². The SMILES string of the molecule is C[Si](C)(C)CCOCn1nnnc1CC(CC(F)(F)F)C(=O)O. The van der Waals surface area contributed by atoms with E-state index in [9.17, 15) is 18.0 Å². The number of aromatic nitrogens is 4. The van der Waals surface area contributed by atoms with Crippen molar-refractivity contribution in [1.82, 2.24) is 20.2 Å². The number of alkyl halides is 3. The Morgan fingerprint density at radius 3 is 2.57 bits per heavy atom. The minimum Gasteiger partial charge on any atom is -0.481 e. The molecule has 1 N–H and O–H groups in total. The molecular formula is C12H21F3N4O3Si. The van der Waals surface area contributed by atoms with Crippen LogP contribution in [0.3, 0.4) is 0 Å². The van der Waals surface area contributed by atoms with Crippen LogP contribution in [0.25, 0.3) is 0 Å². The molecule has 1 aromatic heterocycles. The summed E-state index contributed by atoms with van der Waals surface area (Å²) in [7, 11) is -1.25. The van der Waals surface area contributed by atoms with E-state index in [2.05, 4.69) is 35.2 Å². The van der Waals surface area contributed by atoms with Crippen molar-refractivity contribution in [2.75, 3.05) is 6.61 Å². The van der Waals surface area contributed by atoms with E-state index in [1.807, 2.05) is 0 Å². The Hall–Kier alpha value is -1.49. The number of carboxylic acid groups (broad SMARTS) is 1. The van der Waals surface area contributed by atoms with Crippen molar-refractivity contribution in [2.45, 2.75) is 51.4 Å². The van der Waals surface area contributed by atoms with Gasteiger partial charge in [-0.2, -0.15) is 13.2 Å². The van der Waals surface area contributed by atoms with Gasteiger partial charge >= 0.3 is 12.1 Å². The Morgan fingerprint density at radius 2 is 2.04 bits per heavy atom. The first kappa shape index (κ1) is 19.6. The fourth-order valence-corrected chi connectivity index (χ4v) is 2.50. The van der Waals surface area contributed by atoms with E-state index < -0.39 is 39.0 Å². The van der Waals surface area contributed by atoms with Gasteiger partial charge in [-0.05, 0) is 16.5 Å². The summed E-state index contributed by atoms with van der Waals surface area (Å²) < 4.78 is 43.9. The first-order chi connectivity index (χ1) is 10.5. The van der Waals surface area contributed by atoms with Gasteiger partial charge in [0.25, 0.3) is 0 Å². The first-order valence-corrected chi connectivity index (χ1v) is 10.8. The fourth-order valence-electron chi connectivity index (χ4n) is 1.75. The molecule has 1 rings (SSSR count). The van der Waals surface area contributed by atoms with E-state index in [1.54, 1.807) is 0 Å². The summed E-state index contributed by atoms with van der Waals surface area (Å²) in [6, 6.07) is 0.927. The van der Waals surface area contributed by atoms with Gasteiger partial charge in [0.05, 0.1) is 12.3 Å². The highest BCUT2D eigenvalue weighted by Crippen LogP contribution is 2.26. The lowest BCUT2D eigenvalue weighted by Crippen LogP contribution is -2.26. The van der Waals surface area contributed by atoms with Crippen LogP contribution in [0.5, 0.6) is 0 Å². The molecule has 1 aromatic rings. The zero-order chi connectivity index (χ0) is 17.7. The quantitative estimate of drug-likeness (QED) is 0.540. The molecule has 0 aromatic carbocycles. The number of carboxylic acids is 1. The van der Waals surface area contributed by atoms with Gasteiger partial charge < -0.3 is 9.84 Å². The van der Waals surface area contributed by atoms with E-state index >= 15 is 0 Å². The summed E-state index contributed by atoms with van der Waals surface area (Å²) in [6.45, 7) is 7.05. The topological polar surface area (TPSA) is 90.1 Å². The third kappa shape index (κ3) is 8.07. The van der Waals surface area contributed by atoms with Gasteiger partial charge in [0.2, 0.25) is 0 Å². The van der Waals surface area contributed by atoms with Crippen LogP contribution in [0, 0.1) is 5.92 Å². The summed E-state index contributed by atoms with van der Waals surface area (Å²) in [5.74, 6) is -3.09. The summed E-state index contributed by atoms with van der Waals surface area (Å²) >= 11 is 0. The molecule has 7 nitrogen and oxygen atoms in total.